The van der Waals surface area contributed by atoms with E-state index in [1.54, 1.807) is 0 Å². The summed E-state index contributed by atoms with van der Waals surface area (Å²) < 4.78 is 11.9. The summed E-state index contributed by atoms with van der Waals surface area (Å²) in [6, 6.07) is 1.26. The molecule has 0 aliphatic carbocycles. The van der Waals surface area contributed by atoms with Crippen LogP contribution in [-0.2, 0) is 8.54 Å². The maximum Gasteiger partial charge on any atom is 0.321 e. The molecule has 0 N–H and O–H groups in total. The summed E-state index contributed by atoms with van der Waals surface area (Å²) in [6.07, 6.45) is 2.55. The lowest BCUT2D eigenvalue weighted by atomic mass is 10.4. The maximum absolute atomic E-state index is 6.22. The third kappa shape index (κ3) is 6.76. The first-order valence-corrected chi connectivity index (χ1v) is 11.6. The molecule has 0 aromatic rings. The van der Waals surface area contributed by atoms with Crippen molar-refractivity contribution in [2.45, 2.75) is 58.9 Å². The average molecular weight is 234 g/mol. The topological polar surface area (TPSA) is 18.5 Å². The van der Waals surface area contributed by atoms with Gasteiger partial charge in [-0.1, -0.05) is 19.8 Å². The van der Waals surface area contributed by atoms with E-state index in [-0.39, 0.29) is 0 Å². The van der Waals surface area contributed by atoms with Crippen molar-refractivity contribution < 1.29 is 8.54 Å². The van der Waals surface area contributed by atoms with Crippen LogP contribution in [0.15, 0.2) is 0 Å². The van der Waals surface area contributed by atoms with Crippen molar-refractivity contribution in [2.75, 3.05) is 6.61 Å². The monoisotopic (exact) mass is 234 g/mol. The second-order valence-corrected chi connectivity index (χ2v) is 12.7. The van der Waals surface area contributed by atoms with Crippen molar-refractivity contribution in [3.05, 3.63) is 0 Å². The molecule has 0 aliphatic heterocycles. The van der Waals surface area contributed by atoms with Crippen molar-refractivity contribution in [1.29, 1.82) is 0 Å². The summed E-state index contributed by atoms with van der Waals surface area (Å²) in [7, 11) is -3.29. The molecule has 0 saturated heterocycles. The van der Waals surface area contributed by atoms with Crippen LogP contribution in [0, 0.1) is 0 Å². The van der Waals surface area contributed by atoms with Gasteiger partial charge in [-0.15, -0.1) is 0 Å². The second-order valence-electron chi connectivity index (χ2n) is 4.80. The zero-order valence-corrected chi connectivity index (χ0v) is 12.6. The van der Waals surface area contributed by atoms with Gasteiger partial charge in [0, 0.05) is 6.61 Å². The van der Waals surface area contributed by atoms with Crippen LogP contribution in [0.4, 0.5) is 0 Å². The molecule has 0 fully saturated rings. The van der Waals surface area contributed by atoms with Gasteiger partial charge in [0.1, 0.15) is 0 Å². The van der Waals surface area contributed by atoms with E-state index in [2.05, 4.69) is 33.1 Å². The van der Waals surface area contributed by atoms with Gasteiger partial charge in [0.25, 0.3) is 0 Å². The van der Waals surface area contributed by atoms with Gasteiger partial charge in [0.2, 0.25) is 0 Å². The third-order valence-electron chi connectivity index (χ3n) is 2.15. The number of hydrogen-bond acceptors (Lipinski definition) is 2. The summed E-state index contributed by atoms with van der Waals surface area (Å²) in [5, 5.41) is 0. The molecule has 0 atom stereocenters. The predicted octanol–water partition coefficient (Wildman–Crippen LogP) is 3.75. The number of hydrogen-bond donors (Lipinski definition) is 0. The van der Waals surface area contributed by atoms with Gasteiger partial charge in [0.15, 0.2) is 8.32 Å². The Morgan fingerprint density at radius 1 is 1.00 bits per heavy atom. The molecule has 0 heterocycles. The molecule has 0 amide bonds. The Bertz CT molecular complexity index is 158. The minimum Gasteiger partial charge on any atom is -0.436 e. The van der Waals surface area contributed by atoms with Crippen LogP contribution in [0.1, 0.15) is 26.7 Å². The Balaban J connectivity index is 4.05. The van der Waals surface area contributed by atoms with Gasteiger partial charge >= 0.3 is 8.56 Å². The van der Waals surface area contributed by atoms with Gasteiger partial charge in [-0.3, -0.25) is 0 Å². The SMILES string of the molecule is CCCC[Si](C)(C)O[Si](C)(C)OCC. The Morgan fingerprint density at radius 3 is 2.00 bits per heavy atom. The standard InChI is InChI=1S/C10H26O2Si2/c1-7-9-10-13(3,4)12-14(5,6)11-8-2/h7-10H2,1-6H3. The van der Waals surface area contributed by atoms with Crippen molar-refractivity contribution >= 4 is 16.9 Å². The highest BCUT2D eigenvalue weighted by atomic mass is 28.4. The van der Waals surface area contributed by atoms with Crippen LogP contribution in [0.2, 0.25) is 32.2 Å². The molecule has 4 heteroatoms. The van der Waals surface area contributed by atoms with Crippen LogP contribution in [0.25, 0.3) is 0 Å². The number of rotatable bonds is 7. The quantitative estimate of drug-likeness (QED) is 0.625. The lowest BCUT2D eigenvalue weighted by Gasteiger charge is -2.33. The summed E-state index contributed by atoms with van der Waals surface area (Å²) >= 11 is 0. The summed E-state index contributed by atoms with van der Waals surface area (Å²) in [4.78, 5) is 0. The highest BCUT2D eigenvalue weighted by Gasteiger charge is 2.33. The molecule has 0 rings (SSSR count). The summed E-state index contributed by atoms with van der Waals surface area (Å²) in [6.45, 7) is 14.0. The zero-order valence-electron chi connectivity index (χ0n) is 10.6. The molecule has 0 spiro atoms. The van der Waals surface area contributed by atoms with Crippen LogP contribution < -0.4 is 0 Å². The largest absolute Gasteiger partial charge is 0.436 e. The van der Waals surface area contributed by atoms with Crippen LogP contribution in [-0.4, -0.2) is 23.5 Å². The van der Waals surface area contributed by atoms with Gasteiger partial charge in [-0.05, 0) is 39.2 Å². The van der Waals surface area contributed by atoms with Crippen molar-refractivity contribution in [3.63, 3.8) is 0 Å². The van der Waals surface area contributed by atoms with Gasteiger partial charge in [-0.25, -0.2) is 0 Å². The van der Waals surface area contributed by atoms with E-state index in [4.69, 9.17) is 8.54 Å². The molecule has 14 heavy (non-hydrogen) atoms. The molecular formula is C10H26O2Si2. The zero-order chi connectivity index (χ0) is 11.2. The van der Waals surface area contributed by atoms with Crippen LogP contribution in [0.3, 0.4) is 0 Å². The lowest BCUT2D eigenvalue weighted by Crippen LogP contribution is -2.46. The van der Waals surface area contributed by atoms with Crippen LogP contribution in [0.5, 0.6) is 0 Å². The fourth-order valence-electron chi connectivity index (χ4n) is 1.70. The Morgan fingerprint density at radius 2 is 1.57 bits per heavy atom. The molecule has 0 saturated carbocycles. The van der Waals surface area contributed by atoms with E-state index < -0.39 is 16.9 Å². The minimum atomic E-state index is -1.83. The highest BCUT2D eigenvalue weighted by molar-refractivity contribution is 6.82. The average Bonchev–Trinajstić information content (AvgIpc) is 1.98. The van der Waals surface area contributed by atoms with Crippen molar-refractivity contribution in [3.8, 4) is 0 Å². The van der Waals surface area contributed by atoms with E-state index in [1.165, 1.54) is 18.9 Å². The molecule has 86 valence electrons. The van der Waals surface area contributed by atoms with E-state index >= 15 is 0 Å². The molecule has 0 aliphatic rings. The first-order valence-electron chi connectivity index (χ1n) is 5.67. The summed E-state index contributed by atoms with van der Waals surface area (Å²) in [5.41, 5.74) is 0. The number of unbranched alkanes of at least 4 members (excludes halogenated alkanes) is 1. The van der Waals surface area contributed by atoms with Crippen molar-refractivity contribution in [1.82, 2.24) is 0 Å². The predicted molar refractivity (Wildman–Crippen MR) is 67.4 cm³/mol. The van der Waals surface area contributed by atoms with Crippen LogP contribution >= 0.6 is 0 Å². The Hall–Kier alpha value is 0.354. The molecule has 2 nitrogen and oxygen atoms in total. The third-order valence-corrected chi connectivity index (χ3v) is 8.86. The van der Waals surface area contributed by atoms with Gasteiger partial charge in [-0.2, -0.15) is 0 Å². The van der Waals surface area contributed by atoms with Crippen molar-refractivity contribution in [2.24, 2.45) is 0 Å². The minimum absolute atomic E-state index is 0.775. The normalized spacial score (nSPS) is 13.3. The van der Waals surface area contributed by atoms with Gasteiger partial charge < -0.3 is 8.54 Å². The highest BCUT2D eigenvalue weighted by Crippen LogP contribution is 2.21. The van der Waals surface area contributed by atoms with E-state index in [0.29, 0.717) is 0 Å². The van der Waals surface area contributed by atoms with E-state index in [0.717, 1.165) is 6.61 Å². The molecule has 0 aromatic carbocycles. The Labute approximate surface area is 91.4 Å². The van der Waals surface area contributed by atoms with E-state index in [9.17, 15) is 0 Å². The fraction of sp³-hybridized carbons (Fsp3) is 1.00. The Kier molecular flexibility index (Phi) is 6.20. The van der Waals surface area contributed by atoms with E-state index in [1.807, 2.05) is 6.92 Å². The molecule has 0 radical (unpaired) electrons. The fourth-order valence-corrected chi connectivity index (χ4v) is 9.56. The molecule has 0 unspecified atom stereocenters. The maximum atomic E-state index is 6.22. The summed E-state index contributed by atoms with van der Waals surface area (Å²) in [5.74, 6) is 0. The molecule has 0 bridgehead atoms. The molecular weight excluding hydrogens is 208 g/mol. The second kappa shape index (κ2) is 6.05. The first kappa shape index (κ1) is 14.4. The lowest BCUT2D eigenvalue weighted by molar-refractivity contribution is 0.260. The smallest absolute Gasteiger partial charge is 0.321 e. The molecule has 0 aromatic heterocycles. The van der Waals surface area contributed by atoms with Gasteiger partial charge in [0.05, 0.1) is 0 Å². The first-order chi connectivity index (χ1) is 6.33.